The Morgan fingerprint density at radius 1 is 1.40 bits per heavy atom. The van der Waals surface area contributed by atoms with Crippen molar-refractivity contribution >= 4 is 16.9 Å². The molecule has 5 heteroatoms. The van der Waals surface area contributed by atoms with Gasteiger partial charge in [-0.15, -0.1) is 0 Å². The largest absolute Gasteiger partial charge is 0.368 e. The van der Waals surface area contributed by atoms with Gasteiger partial charge in [-0.05, 0) is 13.3 Å². The monoisotopic (exact) mass is 205 g/mol. The molecule has 0 aliphatic carbocycles. The molecular formula is C10H15N5. The molecule has 5 nitrogen and oxygen atoms in total. The van der Waals surface area contributed by atoms with E-state index in [4.69, 9.17) is 0 Å². The average Bonchev–Trinajstić information content (AvgIpc) is 2.53. The summed E-state index contributed by atoms with van der Waals surface area (Å²) in [7, 11) is 1.91. The molecule has 0 saturated carbocycles. The molecule has 0 aromatic carbocycles. The number of aromatic nitrogens is 4. The topological polar surface area (TPSA) is 55.6 Å². The first kappa shape index (κ1) is 9.89. The molecule has 0 aliphatic heterocycles. The van der Waals surface area contributed by atoms with E-state index in [0.717, 1.165) is 35.5 Å². The summed E-state index contributed by atoms with van der Waals surface area (Å²) >= 11 is 0. The van der Waals surface area contributed by atoms with Crippen LogP contribution < -0.4 is 5.32 Å². The van der Waals surface area contributed by atoms with Gasteiger partial charge in [0.15, 0.2) is 5.82 Å². The summed E-state index contributed by atoms with van der Waals surface area (Å²) in [5.74, 6) is 0.866. The minimum atomic E-state index is 0.866. The SMILES string of the molecule is CCCNc1ncnc2c(C)nn(C)c12. The highest BCUT2D eigenvalue weighted by Crippen LogP contribution is 2.20. The van der Waals surface area contributed by atoms with Crippen LogP contribution in [0.1, 0.15) is 19.0 Å². The third-order valence-electron chi connectivity index (χ3n) is 2.33. The average molecular weight is 205 g/mol. The van der Waals surface area contributed by atoms with Gasteiger partial charge in [0, 0.05) is 13.6 Å². The summed E-state index contributed by atoms with van der Waals surface area (Å²) in [4.78, 5) is 8.47. The molecule has 80 valence electrons. The fourth-order valence-corrected chi connectivity index (χ4v) is 1.65. The summed E-state index contributed by atoms with van der Waals surface area (Å²) in [5.41, 5.74) is 2.84. The standard InChI is InChI=1S/C10H15N5/c1-4-5-11-10-9-8(12-6-13-10)7(2)14-15(9)3/h6H,4-5H2,1-3H3,(H,11,12,13). The molecule has 0 amide bonds. The first-order valence-electron chi connectivity index (χ1n) is 5.12. The summed E-state index contributed by atoms with van der Waals surface area (Å²) in [6.07, 6.45) is 2.65. The van der Waals surface area contributed by atoms with Gasteiger partial charge in [-0.1, -0.05) is 6.92 Å². The molecule has 2 rings (SSSR count). The minimum absolute atomic E-state index is 0.866. The van der Waals surface area contributed by atoms with Crippen LogP contribution in [0.3, 0.4) is 0 Å². The van der Waals surface area contributed by atoms with Crippen molar-refractivity contribution in [2.24, 2.45) is 7.05 Å². The van der Waals surface area contributed by atoms with Crippen LogP contribution in [-0.2, 0) is 7.05 Å². The molecule has 2 aromatic heterocycles. The number of hydrogen-bond acceptors (Lipinski definition) is 4. The maximum absolute atomic E-state index is 4.33. The first-order valence-corrected chi connectivity index (χ1v) is 5.12. The third kappa shape index (κ3) is 1.65. The molecular weight excluding hydrogens is 190 g/mol. The Hall–Kier alpha value is -1.65. The Balaban J connectivity index is 2.54. The van der Waals surface area contributed by atoms with Crippen molar-refractivity contribution in [3.63, 3.8) is 0 Å². The van der Waals surface area contributed by atoms with Crippen molar-refractivity contribution in [1.82, 2.24) is 19.7 Å². The van der Waals surface area contributed by atoms with E-state index in [1.54, 1.807) is 6.33 Å². The van der Waals surface area contributed by atoms with Gasteiger partial charge in [0.2, 0.25) is 0 Å². The Labute approximate surface area is 88.5 Å². The smallest absolute Gasteiger partial charge is 0.155 e. The van der Waals surface area contributed by atoms with E-state index >= 15 is 0 Å². The van der Waals surface area contributed by atoms with Gasteiger partial charge in [0.25, 0.3) is 0 Å². The zero-order chi connectivity index (χ0) is 10.8. The van der Waals surface area contributed by atoms with Crippen LogP contribution in [-0.4, -0.2) is 26.3 Å². The van der Waals surface area contributed by atoms with Gasteiger partial charge in [-0.3, -0.25) is 4.68 Å². The second kappa shape index (κ2) is 3.84. The molecule has 0 radical (unpaired) electrons. The number of hydrogen-bond donors (Lipinski definition) is 1. The predicted molar refractivity (Wildman–Crippen MR) is 59.8 cm³/mol. The quantitative estimate of drug-likeness (QED) is 0.824. The highest BCUT2D eigenvalue weighted by molar-refractivity contribution is 5.87. The maximum atomic E-state index is 4.33. The first-order chi connectivity index (χ1) is 7.24. The third-order valence-corrected chi connectivity index (χ3v) is 2.33. The second-order valence-electron chi connectivity index (χ2n) is 3.56. The van der Waals surface area contributed by atoms with E-state index in [-0.39, 0.29) is 0 Å². The van der Waals surface area contributed by atoms with E-state index in [0.29, 0.717) is 0 Å². The molecule has 0 fully saturated rings. The Bertz CT molecular complexity index is 474. The van der Waals surface area contributed by atoms with Crippen LogP contribution in [0.15, 0.2) is 6.33 Å². The lowest BCUT2D eigenvalue weighted by Crippen LogP contribution is -2.04. The zero-order valence-corrected chi connectivity index (χ0v) is 9.28. The van der Waals surface area contributed by atoms with E-state index in [1.165, 1.54) is 0 Å². The van der Waals surface area contributed by atoms with E-state index in [9.17, 15) is 0 Å². The lowest BCUT2D eigenvalue weighted by atomic mass is 10.3. The van der Waals surface area contributed by atoms with E-state index in [2.05, 4.69) is 27.3 Å². The molecule has 0 aliphatic rings. The van der Waals surface area contributed by atoms with Crippen LogP contribution in [0.2, 0.25) is 0 Å². The van der Waals surface area contributed by atoms with Crippen LogP contribution in [0.4, 0.5) is 5.82 Å². The van der Waals surface area contributed by atoms with Crippen molar-refractivity contribution in [3.05, 3.63) is 12.0 Å². The van der Waals surface area contributed by atoms with Crippen LogP contribution in [0.25, 0.3) is 11.0 Å². The van der Waals surface area contributed by atoms with Crippen molar-refractivity contribution in [1.29, 1.82) is 0 Å². The van der Waals surface area contributed by atoms with Crippen LogP contribution in [0, 0.1) is 6.92 Å². The Kier molecular flexibility index (Phi) is 2.53. The van der Waals surface area contributed by atoms with E-state index in [1.807, 2.05) is 18.7 Å². The Morgan fingerprint density at radius 3 is 2.93 bits per heavy atom. The second-order valence-corrected chi connectivity index (χ2v) is 3.56. The van der Waals surface area contributed by atoms with Crippen LogP contribution in [0.5, 0.6) is 0 Å². The molecule has 0 bridgehead atoms. The lowest BCUT2D eigenvalue weighted by Gasteiger charge is -2.05. The molecule has 0 saturated heterocycles. The van der Waals surface area contributed by atoms with Crippen LogP contribution >= 0.6 is 0 Å². The summed E-state index contributed by atoms with van der Waals surface area (Å²) in [6.45, 7) is 5.00. The van der Waals surface area contributed by atoms with Gasteiger partial charge >= 0.3 is 0 Å². The van der Waals surface area contributed by atoms with Crippen molar-refractivity contribution in [2.75, 3.05) is 11.9 Å². The number of nitrogens with one attached hydrogen (secondary N) is 1. The fraction of sp³-hybridized carbons (Fsp3) is 0.500. The fourth-order valence-electron chi connectivity index (χ4n) is 1.65. The normalized spacial score (nSPS) is 10.9. The molecule has 0 atom stereocenters. The van der Waals surface area contributed by atoms with Gasteiger partial charge in [0.1, 0.15) is 17.4 Å². The number of anilines is 1. The highest BCUT2D eigenvalue weighted by Gasteiger charge is 2.10. The lowest BCUT2D eigenvalue weighted by molar-refractivity contribution is 0.782. The van der Waals surface area contributed by atoms with E-state index < -0.39 is 0 Å². The predicted octanol–water partition coefficient (Wildman–Crippen LogP) is 1.49. The Morgan fingerprint density at radius 2 is 2.20 bits per heavy atom. The van der Waals surface area contributed by atoms with Gasteiger partial charge in [-0.2, -0.15) is 5.10 Å². The molecule has 2 aromatic rings. The molecule has 1 N–H and O–H groups in total. The van der Waals surface area contributed by atoms with Gasteiger partial charge in [-0.25, -0.2) is 9.97 Å². The number of rotatable bonds is 3. The molecule has 0 spiro atoms. The van der Waals surface area contributed by atoms with Gasteiger partial charge in [0.05, 0.1) is 5.69 Å². The maximum Gasteiger partial charge on any atom is 0.155 e. The number of nitrogens with zero attached hydrogens (tertiary/aromatic N) is 4. The number of fused-ring (bicyclic) bond motifs is 1. The highest BCUT2D eigenvalue weighted by atomic mass is 15.3. The molecule has 15 heavy (non-hydrogen) atoms. The number of aryl methyl sites for hydroxylation is 2. The van der Waals surface area contributed by atoms with Crippen molar-refractivity contribution in [2.45, 2.75) is 20.3 Å². The zero-order valence-electron chi connectivity index (χ0n) is 9.28. The molecule has 2 heterocycles. The van der Waals surface area contributed by atoms with Crippen molar-refractivity contribution < 1.29 is 0 Å². The summed E-state index contributed by atoms with van der Waals surface area (Å²) < 4.78 is 1.82. The summed E-state index contributed by atoms with van der Waals surface area (Å²) in [6, 6.07) is 0. The van der Waals surface area contributed by atoms with Gasteiger partial charge < -0.3 is 5.32 Å². The minimum Gasteiger partial charge on any atom is -0.368 e. The molecule has 0 unspecified atom stereocenters. The van der Waals surface area contributed by atoms with Crippen molar-refractivity contribution in [3.8, 4) is 0 Å². The summed E-state index contributed by atoms with van der Waals surface area (Å²) in [5, 5.41) is 7.61.